The number of thiophene rings is 1. The topological polar surface area (TPSA) is 94.5 Å². The predicted octanol–water partition coefficient (Wildman–Crippen LogP) is 4.17. The first-order chi connectivity index (χ1) is 13.0. The Morgan fingerprint density at radius 1 is 1.37 bits per heavy atom. The van der Waals surface area contributed by atoms with Crippen molar-refractivity contribution in [2.24, 2.45) is 0 Å². The van der Waals surface area contributed by atoms with Gasteiger partial charge in [0.05, 0.1) is 10.8 Å². The van der Waals surface area contributed by atoms with Crippen LogP contribution in [0, 0.1) is 17.1 Å². The molecule has 1 amide bonds. The molecule has 2 aromatic heterocycles. The average molecular weight is 399 g/mol. The molecular formula is C18H14FN5OS2. The van der Waals surface area contributed by atoms with Crippen LogP contribution in [0.3, 0.4) is 0 Å². The Morgan fingerprint density at radius 2 is 2.15 bits per heavy atom. The van der Waals surface area contributed by atoms with Gasteiger partial charge in [-0.2, -0.15) is 5.26 Å². The number of aromatic amines is 1. The van der Waals surface area contributed by atoms with Gasteiger partial charge in [-0.15, -0.1) is 16.4 Å². The number of nitrogens with zero attached hydrogens (tertiary/aromatic N) is 3. The smallest absolute Gasteiger partial charge is 0.238 e. The van der Waals surface area contributed by atoms with Gasteiger partial charge in [-0.1, -0.05) is 30.0 Å². The van der Waals surface area contributed by atoms with Crippen molar-refractivity contribution in [2.45, 2.75) is 17.3 Å². The maximum absolute atomic E-state index is 12.9. The molecule has 1 aromatic carbocycles. The van der Waals surface area contributed by atoms with Crippen LogP contribution in [-0.2, 0) is 4.79 Å². The molecule has 1 atom stereocenters. The molecule has 27 heavy (non-hydrogen) atoms. The fraction of sp³-hybridized carbons (Fsp3) is 0.111. The van der Waals surface area contributed by atoms with Crippen LogP contribution in [-0.4, -0.2) is 26.3 Å². The first kappa shape index (κ1) is 18.8. The van der Waals surface area contributed by atoms with Gasteiger partial charge in [-0.05, 0) is 42.1 Å². The molecule has 6 nitrogen and oxygen atoms in total. The molecule has 136 valence electrons. The first-order valence-corrected chi connectivity index (χ1v) is 9.62. The summed E-state index contributed by atoms with van der Waals surface area (Å²) in [5.41, 5.74) is 1.27. The second-order valence-corrected chi connectivity index (χ2v) is 7.64. The number of hydrogen-bond donors (Lipinski definition) is 2. The normalized spacial score (nSPS) is 12.0. The number of benzene rings is 1. The molecule has 2 heterocycles. The molecule has 0 aliphatic heterocycles. The van der Waals surface area contributed by atoms with E-state index in [9.17, 15) is 9.18 Å². The number of nitriles is 1. The van der Waals surface area contributed by atoms with Crippen molar-refractivity contribution in [3.63, 3.8) is 0 Å². The molecule has 0 spiro atoms. The second kappa shape index (κ2) is 8.62. The van der Waals surface area contributed by atoms with E-state index in [4.69, 9.17) is 5.26 Å². The van der Waals surface area contributed by atoms with Gasteiger partial charge in [0.25, 0.3) is 0 Å². The molecule has 2 N–H and O–H groups in total. The maximum Gasteiger partial charge on any atom is 0.238 e. The van der Waals surface area contributed by atoms with E-state index in [-0.39, 0.29) is 11.7 Å². The van der Waals surface area contributed by atoms with E-state index < -0.39 is 5.25 Å². The molecule has 3 rings (SSSR count). The summed E-state index contributed by atoms with van der Waals surface area (Å²) in [5.74, 6) is 0.00816. The highest BCUT2D eigenvalue weighted by Gasteiger charge is 2.18. The summed E-state index contributed by atoms with van der Waals surface area (Å²) >= 11 is 2.51. The van der Waals surface area contributed by atoms with Crippen LogP contribution in [0.15, 0.2) is 40.9 Å². The highest BCUT2D eigenvalue weighted by Crippen LogP contribution is 2.25. The maximum atomic E-state index is 12.9. The quantitative estimate of drug-likeness (QED) is 0.607. The molecule has 0 fully saturated rings. The van der Waals surface area contributed by atoms with Crippen LogP contribution in [0.25, 0.3) is 12.2 Å². The molecule has 0 aliphatic rings. The van der Waals surface area contributed by atoms with Gasteiger partial charge in [-0.25, -0.2) is 9.37 Å². The molecular weight excluding hydrogens is 385 g/mol. The van der Waals surface area contributed by atoms with Crippen LogP contribution in [0.1, 0.15) is 23.9 Å². The van der Waals surface area contributed by atoms with Crippen LogP contribution >= 0.6 is 23.1 Å². The number of rotatable bonds is 6. The fourth-order valence-electron chi connectivity index (χ4n) is 2.05. The van der Waals surface area contributed by atoms with Gasteiger partial charge < -0.3 is 5.32 Å². The average Bonchev–Trinajstić information content (AvgIpc) is 3.30. The number of halogens is 1. The number of thioether (sulfide) groups is 1. The number of aromatic nitrogens is 3. The van der Waals surface area contributed by atoms with Crippen molar-refractivity contribution in [3.8, 4) is 6.07 Å². The fourth-order valence-corrected chi connectivity index (χ4v) is 3.53. The largest absolute Gasteiger partial charge is 0.316 e. The minimum Gasteiger partial charge on any atom is -0.316 e. The minimum absolute atomic E-state index is 0.229. The standard InChI is InChI=1S/C18H14FN5OS2/c1-11(16(25)22-17-13(10-20)8-9-26-17)27-18-21-15(23-24-18)7-4-12-2-5-14(19)6-3-12/h2-9,11H,1H3,(H,22,25)(H,21,23,24)/b7-4-/t11-/m1/s1. The zero-order valence-corrected chi connectivity index (χ0v) is 15.8. The summed E-state index contributed by atoms with van der Waals surface area (Å²) < 4.78 is 12.9. The van der Waals surface area contributed by atoms with Gasteiger partial charge in [-0.3, -0.25) is 9.89 Å². The van der Waals surface area contributed by atoms with Crippen LogP contribution in [0.5, 0.6) is 0 Å². The summed E-state index contributed by atoms with van der Waals surface area (Å²) in [6.45, 7) is 1.74. The van der Waals surface area contributed by atoms with E-state index in [1.54, 1.807) is 42.7 Å². The summed E-state index contributed by atoms with van der Waals surface area (Å²) in [4.78, 5) is 16.6. The Kier molecular flexibility index (Phi) is 6.01. The van der Waals surface area contributed by atoms with Crippen LogP contribution in [0.2, 0.25) is 0 Å². The lowest BCUT2D eigenvalue weighted by atomic mass is 10.2. The number of H-pyrrole nitrogens is 1. The third-order valence-electron chi connectivity index (χ3n) is 3.46. The lowest BCUT2D eigenvalue weighted by Crippen LogP contribution is -2.22. The third kappa shape index (κ3) is 5.03. The molecule has 0 radical (unpaired) electrons. The van der Waals surface area contributed by atoms with Crippen molar-refractivity contribution >= 4 is 46.2 Å². The Morgan fingerprint density at radius 3 is 2.89 bits per heavy atom. The van der Waals surface area contributed by atoms with Crippen molar-refractivity contribution in [1.29, 1.82) is 5.26 Å². The highest BCUT2D eigenvalue weighted by atomic mass is 32.2. The van der Waals surface area contributed by atoms with Crippen molar-refractivity contribution in [3.05, 3.63) is 58.5 Å². The molecule has 0 aliphatic carbocycles. The van der Waals surface area contributed by atoms with E-state index >= 15 is 0 Å². The van der Waals surface area contributed by atoms with Crippen LogP contribution in [0.4, 0.5) is 9.39 Å². The number of carbonyl (C=O) groups excluding carboxylic acids is 1. The van der Waals surface area contributed by atoms with Crippen molar-refractivity contribution in [2.75, 3.05) is 5.32 Å². The lowest BCUT2D eigenvalue weighted by molar-refractivity contribution is -0.115. The van der Waals surface area contributed by atoms with Crippen molar-refractivity contribution in [1.82, 2.24) is 15.2 Å². The number of carbonyl (C=O) groups is 1. The summed E-state index contributed by atoms with van der Waals surface area (Å²) in [6, 6.07) is 9.77. The van der Waals surface area contributed by atoms with Gasteiger partial charge >= 0.3 is 0 Å². The lowest BCUT2D eigenvalue weighted by Gasteiger charge is -2.08. The van der Waals surface area contributed by atoms with Gasteiger partial charge in [0, 0.05) is 0 Å². The molecule has 0 saturated carbocycles. The zero-order valence-electron chi connectivity index (χ0n) is 14.1. The number of hydrogen-bond acceptors (Lipinski definition) is 6. The molecule has 3 aromatic rings. The van der Waals surface area contributed by atoms with E-state index in [0.717, 1.165) is 5.56 Å². The van der Waals surface area contributed by atoms with E-state index in [2.05, 4.69) is 20.5 Å². The third-order valence-corrected chi connectivity index (χ3v) is 5.25. The van der Waals surface area contributed by atoms with E-state index in [1.165, 1.54) is 35.2 Å². The monoisotopic (exact) mass is 399 g/mol. The van der Waals surface area contributed by atoms with Gasteiger partial charge in [0.15, 0.2) is 0 Å². The molecule has 0 saturated heterocycles. The molecule has 9 heteroatoms. The zero-order chi connectivity index (χ0) is 19.2. The number of anilines is 1. The molecule has 0 unspecified atom stereocenters. The Balaban J connectivity index is 1.59. The SMILES string of the molecule is C[C@@H](Sc1n[nH]c(/C=C\c2ccc(F)cc2)n1)C(=O)Nc1sccc1C#N. The number of nitrogens with one attached hydrogen (secondary N) is 2. The van der Waals surface area contributed by atoms with Crippen LogP contribution < -0.4 is 5.32 Å². The van der Waals surface area contributed by atoms with E-state index in [1.807, 2.05) is 6.07 Å². The first-order valence-electron chi connectivity index (χ1n) is 7.86. The number of amides is 1. The molecule has 0 bridgehead atoms. The summed E-state index contributed by atoms with van der Waals surface area (Å²) in [6.07, 6.45) is 3.50. The van der Waals surface area contributed by atoms with E-state index in [0.29, 0.717) is 21.5 Å². The minimum atomic E-state index is -0.441. The van der Waals surface area contributed by atoms with Gasteiger partial charge in [0.1, 0.15) is 22.7 Å². The summed E-state index contributed by atoms with van der Waals surface area (Å²) in [7, 11) is 0. The second-order valence-electron chi connectivity index (χ2n) is 5.41. The Bertz CT molecular complexity index is 1000. The Labute approximate surface area is 163 Å². The summed E-state index contributed by atoms with van der Waals surface area (Å²) in [5, 5.41) is 20.9. The highest BCUT2D eigenvalue weighted by molar-refractivity contribution is 8.00. The predicted molar refractivity (Wildman–Crippen MR) is 105 cm³/mol. The van der Waals surface area contributed by atoms with Crippen molar-refractivity contribution < 1.29 is 9.18 Å². The Hall–Kier alpha value is -2.96. The van der Waals surface area contributed by atoms with Gasteiger partial charge in [0.2, 0.25) is 11.1 Å².